The van der Waals surface area contributed by atoms with Crippen molar-refractivity contribution in [3.63, 3.8) is 0 Å². The van der Waals surface area contributed by atoms with Crippen LogP contribution in [0.5, 0.6) is 0 Å². The Morgan fingerprint density at radius 3 is 2.67 bits per heavy atom. The molecule has 0 aliphatic carbocycles. The molecule has 8 heteroatoms. The highest BCUT2D eigenvalue weighted by molar-refractivity contribution is 5.75. The predicted molar refractivity (Wildman–Crippen MR) is 69.9 cm³/mol. The molecule has 0 aromatic heterocycles. The fraction of sp³-hybridized carbons (Fsp3) is 0.462. The van der Waals surface area contributed by atoms with Gasteiger partial charge in [-0.15, -0.1) is 0 Å². The number of methoxy groups -OCH3 is 1. The molecule has 1 fully saturated rings. The first-order valence-corrected chi connectivity index (χ1v) is 6.31. The van der Waals surface area contributed by atoms with Gasteiger partial charge in [-0.2, -0.15) is 4.39 Å². The Hall–Kier alpha value is -2.25. The van der Waals surface area contributed by atoms with Crippen LogP contribution < -0.4 is 4.90 Å². The predicted octanol–water partition coefficient (Wildman–Crippen LogP) is 2.12. The van der Waals surface area contributed by atoms with Crippen LogP contribution in [0, 0.1) is 33.6 Å². The third-order valence-corrected chi connectivity index (χ3v) is 3.65. The standard InChI is InChI=1S/C13H14F2N2O4/c1-7-5-16(6-9(7)13(18)21-2)11-4-8(14)3-10(15)12(11)17(19)20/h3-4,7,9H,5-6H2,1-2H3. The average molecular weight is 300 g/mol. The van der Waals surface area contributed by atoms with Crippen LogP contribution in [-0.4, -0.2) is 31.1 Å². The first kappa shape index (κ1) is 15.1. The number of rotatable bonds is 3. The fourth-order valence-electron chi connectivity index (χ4n) is 2.60. The molecule has 1 aromatic rings. The lowest BCUT2D eigenvalue weighted by molar-refractivity contribution is -0.386. The quantitative estimate of drug-likeness (QED) is 0.485. The SMILES string of the molecule is COC(=O)C1CN(c2cc(F)cc(F)c2[N+](=O)[O-])CC1C. The highest BCUT2D eigenvalue weighted by Crippen LogP contribution is 2.36. The van der Waals surface area contributed by atoms with Gasteiger partial charge in [0.2, 0.25) is 5.82 Å². The number of carbonyl (C=O) groups is 1. The largest absolute Gasteiger partial charge is 0.469 e. The zero-order valence-electron chi connectivity index (χ0n) is 11.5. The summed E-state index contributed by atoms with van der Waals surface area (Å²) in [6.07, 6.45) is 0. The topological polar surface area (TPSA) is 72.7 Å². The second-order valence-electron chi connectivity index (χ2n) is 5.02. The van der Waals surface area contributed by atoms with Crippen molar-refractivity contribution in [2.45, 2.75) is 6.92 Å². The van der Waals surface area contributed by atoms with E-state index in [1.807, 2.05) is 0 Å². The van der Waals surface area contributed by atoms with Crippen LogP contribution >= 0.6 is 0 Å². The van der Waals surface area contributed by atoms with E-state index in [0.29, 0.717) is 6.07 Å². The van der Waals surface area contributed by atoms with Gasteiger partial charge in [-0.1, -0.05) is 6.92 Å². The highest BCUT2D eigenvalue weighted by Gasteiger charge is 2.38. The van der Waals surface area contributed by atoms with Crippen LogP contribution in [-0.2, 0) is 9.53 Å². The summed E-state index contributed by atoms with van der Waals surface area (Å²) in [6.45, 7) is 2.18. The minimum absolute atomic E-state index is 0.123. The van der Waals surface area contributed by atoms with Crippen molar-refractivity contribution in [1.82, 2.24) is 0 Å². The molecule has 1 aliphatic heterocycles. The summed E-state index contributed by atoms with van der Waals surface area (Å²) in [4.78, 5) is 23.2. The van der Waals surface area contributed by atoms with Crippen molar-refractivity contribution >= 4 is 17.3 Å². The molecule has 114 valence electrons. The van der Waals surface area contributed by atoms with Gasteiger partial charge in [-0.3, -0.25) is 14.9 Å². The first-order valence-electron chi connectivity index (χ1n) is 6.31. The molecule has 0 N–H and O–H groups in total. The Labute approximate surface area is 119 Å². The van der Waals surface area contributed by atoms with Crippen LogP contribution in [0.1, 0.15) is 6.92 Å². The van der Waals surface area contributed by atoms with Gasteiger partial charge < -0.3 is 9.64 Å². The summed E-state index contributed by atoms with van der Waals surface area (Å²) in [5.41, 5.74) is -0.940. The second-order valence-corrected chi connectivity index (χ2v) is 5.02. The third-order valence-electron chi connectivity index (χ3n) is 3.65. The number of hydrogen-bond donors (Lipinski definition) is 0. The number of carbonyl (C=O) groups excluding carboxylic acids is 1. The van der Waals surface area contributed by atoms with Gasteiger partial charge in [0.05, 0.1) is 18.0 Å². The van der Waals surface area contributed by atoms with Gasteiger partial charge in [0.1, 0.15) is 11.5 Å². The highest BCUT2D eigenvalue weighted by atomic mass is 19.1. The van der Waals surface area contributed by atoms with E-state index in [-0.39, 0.29) is 24.7 Å². The van der Waals surface area contributed by atoms with E-state index in [1.165, 1.54) is 12.0 Å². The molecule has 21 heavy (non-hydrogen) atoms. The van der Waals surface area contributed by atoms with E-state index in [4.69, 9.17) is 0 Å². The van der Waals surface area contributed by atoms with Gasteiger partial charge in [0.15, 0.2) is 0 Å². The van der Waals surface area contributed by atoms with Gasteiger partial charge in [-0.25, -0.2) is 4.39 Å². The number of hydrogen-bond acceptors (Lipinski definition) is 5. The summed E-state index contributed by atoms with van der Waals surface area (Å²) in [6, 6.07) is 1.38. The lowest BCUT2D eigenvalue weighted by Crippen LogP contribution is -2.25. The molecular formula is C13H14F2N2O4. The van der Waals surface area contributed by atoms with Crippen molar-refractivity contribution in [2.24, 2.45) is 11.8 Å². The Bertz CT molecular complexity index is 594. The number of nitrogens with zero attached hydrogens (tertiary/aromatic N) is 2. The van der Waals surface area contributed by atoms with Crippen LogP contribution in [0.4, 0.5) is 20.2 Å². The van der Waals surface area contributed by atoms with Gasteiger partial charge >= 0.3 is 11.7 Å². The van der Waals surface area contributed by atoms with E-state index in [0.717, 1.165) is 6.07 Å². The molecule has 2 rings (SSSR count). The Kier molecular flexibility index (Phi) is 4.06. The number of nitro groups is 1. The number of esters is 1. The molecule has 6 nitrogen and oxygen atoms in total. The van der Waals surface area contributed by atoms with E-state index in [2.05, 4.69) is 4.74 Å². The van der Waals surface area contributed by atoms with Crippen LogP contribution in [0.3, 0.4) is 0 Å². The maximum Gasteiger partial charge on any atom is 0.328 e. The van der Waals surface area contributed by atoms with Crippen molar-refractivity contribution in [3.05, 3.63) is 33.9 Å². The van der Waals surface area contributed by atoms with Crippen LogP contribution in [0.2, 0.25) is 0 Å². The molecule has 0 spiro atoms. The molecule has 1 saturated heterocycles. The molecule has 0 saturated carbocycles. The zero-order valence-corrected chi connectivity index (χ0v) is 11.5. The maximum absolute atomic E-state index is 13.6. The Balaban J connectivity index is 2.39. The molecule has 1 aromatic carbocycles. The lowest BCUT2D eigenvalue weighted by Gasteiger charge is -2.18. The van der Waals surface area contributed by atoms with Crippen molar-refractivity contribution in [3.8, 4) is 0 Å². The monoisotopic (exact) mass is 300 g/mol. The summed E-state index contributed by atoms with van der Waals surface area (Å²) >= 11 is 0. The molecule has 0 amide bonds. The fourth-order valence-corrected chi connectivity index (χ4v) is 2.60. The minimum atomic E-state index is -1.23. The summed E-state index contributed by atoms with van der Waals surface area (Å²) < 4.78 is 31.7. The number of ether oxygens (including phenoxy) is 1. The maximum atomic E-state index is 13.6. The van der Waals surface area contributed by atoms with Crippen molar-refractivity contribution in [1.29, 1.82) is 0 Å². The average Bonchev–Trinajstić information content (AvgIpc) is 2.78. The zero-order chi connectivity index (χ0) is 15.7. The summed E-state index contributed by atoms with van der Waals surface area (Å²) in [5, 5.41) is 11.0. The molecule has 2 atom stereocenters. The Morgan fingerprint density at radius 2 is 2.10 bits per heavy atom. The number of halogens is 2. The third kappa shape index (κ3) is 2.79. The molecule has 2 unspecified atom stereocenters. The van der Waals surface area contributed by atoms with E-state index < -0.39 is 34.1 Å². The van der Waals surface area contributed by atoms with Gasteiger partial charge in [-0.05, 0) is 5.92 Å². The van der Waals surface area contributed by atoms with Gasteiger partial charge in [0.25, 0.3) is 0 Å². The molecule has 1 heterocycles. The molecule has 0 bridgehead atoms. The number of benzene rings is 1. The smallest absolute Gasteiger partial charge is 0.328 e. The van der Waals surface area contributed by atoms with Gasteiger partial charge in [0, 0.05) is 25.2 Å². The summed E-state index contributed by atoms with van der Waals surface area (Å²) in [5.74, 6) is -3.19. The van der Waals surface area contributed by atoms with Crippen LogP contribution in [0.25, 0.3) is 0 Å². The normalized spacial score (nSPS) is 21.4. The molecule has 0 radical (unpaired) electrons. The number of anilines is 1. The van der Waals surface area contributed by atoms with E-state index >= 15 is 0 Å². The van der Waals surface area contributed by atoms with Crippen molar-refractivity contribution in [2.75, 3.05) is 25.1 Å². The van der Waals surface area contributed by atoms with E-state index in [9.17, 15) is 23.7 Å². The molecular weight excluding hydrogens is 286 g/mol. The van der Waals surface area contributed by atoms with Crippen LogP contribution in [0.15, 0.2) is 12.1 Å². The number of nitro benzene ring substituents is 1. The Morgan fingerprint density at radius 1 is 1.43 bits per heavy atom. The second kappa shape index (κ2) is 5.63. The molecule has 1 aliphatic rings. The first-order chi connectivity index (χ1) is 9.85. The van der Waals surface area contributed by atoms with E-state index in [1.54, 1.807) is 6.92 Å². The minimum Gasteiger partial charge on any atom is -0.469 e. The summed E-state index contributed by atoms with van der Waals surface area (Å²) in [7, 11) is 1.25. The van der Waals surface area contributed by atoms with Crippen molar-refractivity contribution < 1.29 is 23.2 Å². The lowest BCUT2D eigenvalue weighted by atomic mass is 9.99.